The number of rotatable bonds is 13. The predicted octanol–water partition coefficient (Wildman–Crippen LogP) is 10.2. The van der Waals surface area contributed by atoms with Crippen molar-refractivity contribution < 1.29 is 9.90 Å². The first-order chi connectivity index (χ1) is 22.2. The molecule has 6 heteroatoms. The summed E-state index contributed by atoms with van der Waals surface area (Å²) in [7, 11) is 0. The quantitative estimate of drug-likeness (QED) is 0.123. The molecule has 5 rings (SSSR count). The third kappa shape index (κ3) is 6.68. The van der Waals surface area contributed by atoms with Gasteiger partial charge in [0.1, 0.15) is 0 Å². The Bertz CT molecular complexity index is 1820. The lowest BCUT2D eigenvalue weighted by Crippen LogP contribution is -2.27. The van der Waals surface area contributed by atoms with Gasteiger partial charge in [-0.25, -0.2) is 4.79 Å². The van der Waals surface area contributed by atoms with Crippen molar-refractivity contribution in [3.05, 3.63) is 105 Å². The van der Waals surface area contributed by atoms with E-state index < -0.39 is 5.97 Å². The number of nitrogens with zero attached hydrogens (tertiary/aromatic N) is 3. The Balaban J connectivity index is 1.81. The summed E-state index contributed by atoms with van der Waals surface area (Å²) < 4.78 is 3.49. The van der Waals surface area contributed by atoms with Crippen LogP contribution in [0.25, 0.3) is 33.3 Å². The summed E-state index contributed by atoms with van der Waals surface area (Å²) in [5.41, 5.74) is 10.4. The van der Waals surface area contributed by atoms with Crippen molar-refractivity contribution in [1.29, 1.82) is 0 Å². The normalized spacial score (nSPS) is 11.4. The predicted molar refractivity (Wildman–Crippen MR) is 204 cm³/mol. The first-order valence-corrected chi connectivity index (χ1v) is 17.7. The lowest BCUT2D eigenvalue weighted by molar-refractivity contribution is 0.0696. The van der Waals surface area contributed by atoms with Gasteiger partial charge in [0, 0.05) is 58.4 Å². The maximum Gasteiger partial charge on any atom is 0.336 e. The first kappa shape index (κ1) is 33.6. The van der Waals surface area contributed by atoms with Crippen molar-refractivity contribution in [3.63, 3.8) is 0 Å². The second kappa shape index (κ2) is 14.8. The number of aromatic carboxylic acids is 1. The molecule has 1 heterocycles. The van der Waals surface area contributed by atoms with Crippen LogP contribution < -0.4 is 9.80 Å². The largest absolute Gasteiger partial charge is 0.478 e. The van der Waals surface area contributed by atoms with Gasteiger partial charge in [-0.1, -0.05) is 68.4 Å². The van der Waals surface area contributed by atoms with Gasteiger partial charge < -0.3 is 19.5 Å². The van der Waals surface area contributed by atoms with E-state index >= 15 is 0 Å². The van der Waals surface area contributed by atoms with E-state index in [1.807, 2.05) is 6.07 Å². The Morgan fingerprint density at radius 1 is 0.826 bits per heavy atom. The molecule has 240 valence electrons. The SMILES string of the molecule is CCN(CC(C)C)c1ccc(Cc2cc(I)c(N(CC)CC)cc2C(=O)O)c(-c2c(-c3ccccc3)n(CC)c3ccccc23)c1. The lowest BCUT2D eigenvalue weighted by Gasteiger charge is -2.27. The van der Waals surface area contributed by atoms with Crippen molar-refractivity contribution >= 4 is 50.8 Å². The minimum Gasteiger partial charge on any atom is -0.478 e. The smallest absolute Gasteiger partial charge is 0.336 e. The summed E-state index contributed by atoms with van der Waals surface area (Å²) in [6.45, 7) is 17.5. The van der Waals surface area contributed by atoms with E-state index in [0.29, 0.717) is 17.9 Å². The van der Waals surface area contributed by atoms with Gasteiger partial charge in [-0.2, -0.15) is 0 Å². The van der Waals surface area contributed by atoms with E-state index in [2.05, 4.69) is 157 Å². The number of fused-ring (bicyclic) bond motifs is 1. The van der Waals surface area contributed by atoms with Gasteiger partial charge in [-0.15, -0.1) is 0 Å². The summed E-state index contributed by atoms with van der Waals surface area (Å²) in [6.07, 6.45) is 0.516. The second-order valence-corrected chi connectivity index (χ2v) is 13.4. The Morgan fingerprint density at radius 2 is 1.50 bits per heavy atom. The molecule has 5 aromatic rings. The number of anilines is 2. The van der Waals surface area contributed by atoms with Gasteiger partial charge in [-0.3, -0.25) is 0 Å². The molecule has 0 amide bonds. The average molecular weight is 728 g/mol. The highest BCUT2D eigenvalue weighted by molar-refractivity contribution is 14.1. The summed E-state index contributed by atoms with van der Waals surface area (Å²) in [5.74, 6) is -0.367. The van der Waals surface area contributed by atoms with Crippen LogP contribution in [-0.4, -0.2) is 41.8 Å². The fraction of sp³-hybridized carbons (Fsp3) is 0.325. The zero-order valence-electron chi connectivity index (χ0n) is 28.0. The monoisotopic (exact) mass is 727 g/mol. The number of para-hydroxylation sites is 1. The molecule has 0 fully saturated rings. The third-order valence-electron chi connectivity index (χ3n) is 8.92. The van der Waals surface area contributed by atoms with E-state index in [4.69, 9.17) is 0 Å². The van der Waals surface area contributed by atoms with Gasteiger partial charge in [0.25, 0.3) is 0 Å². The van der Waals surface area contributed by atoms with Gasteiger partial charge >= 0.3 is 5.97 Å². The number of hydrogen-bond acceptors (Lipinski definition) is 3. The highest BCUT2D eigenvalue weighted by atomic mass is 127. The van der Waals surface area contributed by atoms with Crippen molar-refractivity contribution in [1.82, 2.24) is 4.57 Å². The highest BCUT2D eigenvalue weighted by Crippen LogP contribution is 2.44. The van der Waals surface area contributed by atoms with Crippen LogP contribution in [0.3, 0.4) is 0 Å². The van der Waals surface area contributed by atoms with Crippen LogP contribution in [0.2, 0.25) is 0 Å². The van der Waals surface area contributed by atoms with E-state index in [0.717, 1.165) is 58.7 Å². The summed E-state index contributed by atoms with van der Waals surface area (Å²) in [6, 6.07) is 30.1. The van der Waals surface area contributed by atoms with Gasteiger partial charge in [0.15, 0.2) is 0 Å². The maximum absolute atomic E-state index is 12.7. The van der Waals surface area contributed by atoms with Gasteiger partial charge in [0.05, 0.1) is 16.9 Å². The number of halogens is 1. The van der Waals surface area contributed by atoms with Crippen LogP contribution in [0, 0.1) is 9.49 Å². The zero-order chi connectivity index (χ0) is 33.0. The Hall–Kier alpha value is -3.78. The van der Waals surface area contributed by atoms with Gasteiger partial charge in [0.2, 0.25) is 0 Å². The average Bonchev–Trinajstić information content (AvgIpc) is 3.39. The molecule has 0 aliphatic carbocycles. The molecule has 0 spiro atoms. The molecule has 0 aliphatic heterocycles. The molecule has 1 aromatic heterocycles. The number of hydrogen-bond donors (Lipinski definition) is 1. The fourth-order valence-corrected chi connectivity index (χ4v) is 7.64. The Kier molecular flexibility index (Phi) is 10.8. The molecular weight excluding hydrogens is 681 g/mol. The van der Waals surface area contributed by atoms with Crippen LogP contribution in [0.15, 0.2) is 84.9 Å². The van der Waals surface area contributed by atoms with Crippen LogP contribution in [0.4, 0.5) is 11.4 Å². The van der Waals surface area contributed by atoms with Crippen LogP contribution >= 0.6 is 22.6 Å². The molecule has 0 saturated carbocycles. The number of carbonyl (C=O) groups is 1. The summed E-state index contributed by atoms with van der Waals surface area (Å²) in [4.78, 5) is 17.4. The van der Waals surface area contributed by atoms with Crippen LogP contribution in [-0.2, 0) is 13.0 Å². The Morgan fingerprint density at radius 3 is 2.13 bits per heavy atom. The fourth-order valence-electron chi connectivity index (χ4n) is 6.77. The zero-order valence-corrected chi connectivity index (χ0v) is 30.1. The molecular formula is C40H46IN3O2. The molecule has 46 heavy (non-hydrogen) atoms. The van der Waals surface area contributed by atoms with Crippen LogP contribution in [0.5, 0.6) is 0 Å². The summed E-state index contributed by atoms with van der Waals surface area (Å²) >= 11 is 2.37. The topological polar surface area (TPSA) is 48.7 Å². The van der Waals surface area contributed by atoms with Crippen molar-refractivity contribution in [2.45, 2.75) is 54.5 Å². The van der Waals surface area contributed by atoms with E-state index in [1.165, 1.54) is 33.4 Å². The maximum atomic E-state index is 12.7. The van der Waals surface area contributed by atoms with Gasteiger partial charge in [-0.05, 0) is 115 Å². The molecule has 0 atom stereocenters. The van der Waals surface area contributed by atoms with E-state index in [9.17, 15) is 9.90 Å². The molecule has 4 aromatic carbocycles. The number of aryl methyl sites for hydroxylation is 1. The van der Waals surface area contributed by atoms with Crippen molar-refractivity contribution in [2.24, 2.45) is 5.92 Å². The molecule has 0 bridgehead atoms. The number of carboxylic acid groups (broad SMARTS) is 1. The molecule has 0 aliphatic rings. The minimum atomic E-state index is -0.889. The molecule has 0 radical (unpaired) electrons. The Labute approximate surface area is 288 Å². The summed E-state index contributed by atoms with van der Waals surface area (Å²) in [5, 5.41) is 11.7. The van der Waals surface area contributed by atoms with Crippen molar-refractivity contribution in [3.8, 4) is 22.4 Å². The number of aromatic nitrogens is 1. The number of carboxylic acids is 1. The standard InChI is InChI=1S/C40H46IN3O2/c1-7-42(8-2)37-25-34(40(45)46)30(23-35(37)41)22-29-20-21-31(43(9-3)26-27(5)6)24-33(29)38-32-18-14-15-19-36(32)44(10-4)39(38)28-16-12-11-13-17-28/h11-21,23-25,27H,7-10,22,26H2,1-6H3,(H,45,46). The third-order valence-corrected chi connectivity index (χ3v) is 9.78. The van der Waals surface area contributed by atoms with Crippen LogP contribution in [0.1, 0.15) is 63.0 Å². The first-order valence-electron chi connectivity index (χ1n) is 16.6. The second-order valence-electron chi connectivity index (χ2n) is 12.2. The molecule has 5 nitrogen and oxygen atoms in total. The van der Waals surface area contributed by atoms with E-state index in [1.54, 1.807) is 0 Å². The lowest BCUT2D eigenvalue weighted by atomic mass is 9.89. The number of benzene rings is 4. The minimum absolute atomic E-state index is 0.367. The van der Waals surface area contributed by atoms with E-state index in [-0.39, 0.29) is 0 Å². The molecule has 1 N–H and O–H groups in total. The molecule has 0 saturated heterocycles. The molecule has 0 unspecified atom stereocenters. The van der Waals surface area contributed by atoms with Crippen molar-refractivity contribution in [2.75, 3.05) is 36.0 Å². The highest BCUT2D eigenvalue weighted by Gasteiger charge is 2.24.